The number of carboxylic acid groups (broad SMARTS) is 1. The van der Waals surface area contributed by atoms with E-state index < -0.39 is 24.8 Å². The van der Waals surface area contributed by atoms with Crippen LogP contribution in [0.5, 0.6) is 5.75 Å². The predicted octanol–water partition coefficient (Wildman–Crippen LogP) is 2.31. The summed E-state index contributed by atoms with van der Waals surface area (Å²) in [5.74, 6) is -0.797. The van der Waals surface area contributed by atoms with Crippen LogP contribution in [0.2, 0.25) is 0 Å². The molecule has 1 rings (SSSR count). The lowest BCUT2D eigenvalue weighted by Gasteiger charge is -2.16. The van der Waals surface area contributed by atoms with Gasteiger partial charge in [-0.2, -0.15) is 0 Å². The number of nitrogens with zero attached hydrogens (tertiary/aromatic N) is 3. The first kappa shape index (κ1) is 15.7. The van der Waals surface area contributed by atoms with Gasteiger partial charge in [0.2, 0.25) is 0 Å². The molecule has 8 heteroatoms. The summed E-state index contributed by atoms with van der Waals surface area (Å²) in [4.78, 5) is 13.3. The van der Waals surface area contributed by atoms with Crippen LogP contribution in [0, 0.1) is 0 Å². The third-order valence-electron chi connectivity index (χ3n) is 2.48. The molecule has 20 heavy (non-hydrogen) atoms. The van der Waals surface area contributed by atoms with Crippen LogP contribution in [0.15, 0.2) is 29.4 Å². The SMILES string of the molecule is COc1ccc(COC(C(=O)O)C(F)CN=[N+]=[N-])cc1. The number of benzene rings is 1. The second kappa shape index (κ2) is 7.98. The quantitative estimate of drug-likeness (QED) is 0.449. The van der Waals surface area contributed by atoms with Crippen molar-refractivity contribution in [1.29, 1.82) is 0 Å². The van der Waals surface area contributed by atoms with Crippen molar-refractivity contribution in [1.82, 2.24) is 0 Å². The molecule has 7 nitrogen and oxygen atoms in total. The first-order valence-electron chi connectivity index (χ1n) is 5.70. The second-order valence-electron chi connectivity index (χ2n) is 3.85. The molecule has 2 atom stereocenters. The number of carboxylic acids is 1. The molecule has 108 valence electrons. The number of alkyl halides is 1. The van der Waals surface area contributed by atoms with Gasteiger partial charge in [0.1, 0.15) is 11.9 Å². The topological polar surface area (TPSA) is 105 Å². The van der Waals surface area contributed by atoms with Gasteiger partial charge >= 0.3 is 5.97 Å². The van der Waals surface area contributed by atoms with E-state index >= 15 is 0 Å². The van der Waals surface area contributed by atoms with Crippen LogP contribution in [0.4, 0.5) is 4.39 Å². The van der Waals surface area contributed by atoms with E-state index in [1.165, 1.54) is 7.11 Å². The van der Waals surface area contributed by atoms with Crippen molar-refractivity contribution in [3.8, 4) is 5.75 Å². The number of hydrogen-bond donors (Lipinski definition) is 1. The van der Waals surface area contributed by atoms with Crippen molar-refractivity contribution >= 4 is 5.97 Å². The highest BCUT2D eigenvalue weighted by Crippen LogP contribution is 2.14. The Morgan fingerprint density at radius 3 is 2.65 bits per heavy atom. The van der Waals surface area contributed by atoms with Gasteiger partial charge in [-0.15, -0.1) is 0 Å². The van der Waals surface area contributed by atoms with Gasteiger partial charge in [-0.3, -0.25) is 0 Å². The van der Waals surface area contributed by atoms with E-state index in [9.17, 15) is 9.18 Å². The molecule has 2 unspecified atom stereocenters. The number of aliphatic carboxylic acids is 1. The molecule has 1 aromatic carbocycles. The predicted molar refractivity (Wildman–Crippen MR) is 68.1 cm³/mol. The van der Waals surface area contributed by atoms with Crippen molar-refractivity contribution < 1.29 is 23.8 Å². The monoisotopic (exact) mass is 283 g/mol. The maximum Gasteiger partial charge on any atom is 0.335 e. The molecule has 0 saturated heterocycles. The van der Waals surface area contributed by atoms with Gasteiger partial charge in [0.15, 0.2) is 6.10 Å². The number of azide groups is 1. The molecule has 0 heterocycles. The first-order valence-corrected chi connectivity index (χ1v) is 5.70. The summed E-state index contributed by atoms with van der Waals surface area (Å²) in [6.07, 6.45) is -3.58. The highest BCUT2D eigenvalue weighted by Gasteiger charge is 2.28. The van der Waals surface area contributed by atoms with Gasteiger partial charge in [-0.05, 0) is 23.2 Å². The molecule has 0 aromatic heterocycles. The molecule has 1 N–H and O–H groups in total. The van der Waals surface area contributed by atoms with Crippen molar-refractivity contribution in [2.45, 2.75) is 18.9 Å². The lowest BCUT2D eigenvalue weighted by molar-refractivity contribution is -0.155. The lowest BCUT2D eigenvalue weighted by atomic mass is 10.2. The summed E-state index contributed by atoms with van der Waals surface area (Å²) < 4.78 is 23.5. The zero-order valence-corrected chi connectivity index (χ0v) is 10.8. The zero-order valence-electron chi connectivity index (χ0n) is 10.8. The van der Waals surface area contributed by atoms with Gasteiger partial charge in [-0.1, -0.05) is 17.2 Å². The highest BCUT2D eigenvalue weighted by atomic mass is 19.1. The standard InChI is InChI=1S/C12H14FN3O4/c1-19-9-4-2-8(3-5-9)7-20-11(12(17)18)10(13)6-15-16-14/h2-5,10-11H,6-7H2,1H3,(H,17,18). The fourth-order valence-corrected chi connectivity index (χ4v) is 1.45. The smallest absolute Gasteiger partial charge is 0.335 e. The molecular formula is C12H14FN3O4. The molecule has 0 aliphatic rings. The first-order chi connectivity index (χ1) is 9.58. The van der Waals surface area contributed by atoms with Crippen molar-refractivity contribution in [3.05, 3.63) is 40.3 Å². The summed E-state index contributed by atoms with van der Waals surface area (Å²) in [5, 5.41) is 11.9. The third-order valence-corrected chi connectivity index (χ3v) is 2.48. The van der Waals surface area contributed by atoms with E-state index in [2.05, 4.69) is 10.0 Å². The molecule has 0 bridgehead atoms. The maximum absolute atomic E-state index is 13.5. The number of halogens is 1. The average molecular weight is 283 g/mol. The zero-order chi connectivity index (χ0) is 15.0. The number of carbonyl (C=O) groups is 1. The minimum absolute atomic E-state index is 0.0718. The van der Waals surface area contributed by atoms with E-state index in [1.807, 2.05) is 0 Å². The summed E-state index contributed by atoms with van der Waals surface area (Å²) >= 11 is 0. The largest absolute Gasteiger partial charge is 0.497 e. The van der Waals surface area contributed by atoms with Crippen LogP contribution in [0.3, 0.4) is 0 Å². The van der Waals surface area contributed by atoms with Crippen LogP contribution in [0.1, 0.15) is 5.56 Å². The minimum Gasteiger partial charge on any atom is -0.497 e. The fraction of sp³-hybridized carbons (Fsp3) is 0.417. The second-order valence-corrected chi connectivity index (χ2v) is 3.85. The van der Waals surface area contributed by atoms with Crippen LogP contribution in [-0.4, -0.2) is 37.0 Å². The number of ether oxygens (including phenoxy) is 2. The molecule has 0 aliphatic carbocycles. The van der Waals surface area contributed by atoms with Crippen molar-refractivity contribution in [2.24, 2.45) is 5.11 Å². The third kappa shape index (κ3) is 4.75. The molecule has 0 fully saturated rings. The molecule has 1 aromatic rings. The molecule has 0 spiro atoms. The van der Waals surface area contributed by atoms with Gasteiger partial charge in [-0.25, -0.2) is 9.18 Å². The number of methoxy groups -OCH3 is 1. The lowest BCUT2D eigenvalue weighted by Crippen LogP contribution is -2.35. The summed E-state index contributed by atoms with van der Waals surface area (Å²) in [6, 6.07) is 6.72. The Bertz CT molecular complexity index is 488. The maximum atomic E-state index is 13.5. The fourth-order valence-electron chi connectivity index (χ4n) is 1.45. The van der Waals surface area contributed by atoms with E-state index in [0.29, 0.717) is 11.3 Å². The summed E-state index contributed by atoms with van der Waals surface area (Å²) in [5.41, 5.74) is 8.76. The Balaban J connectivity index is 2.61. The summed E-state index contributed by atoms with van der Waals surface area (Å²) in [7, 11) is 1.52. The molecule has 0 saturated carbocycles. The van der Waals surface area contributed by atoms with Crippen LogP contribution in [-0.2, 0) is 16.1 Å². The molecular weight excluding hydrogens is 269 g/mol. The Morgan fingerprint density at radius 2 is 2.15 bits per heavy atom. The molecule has 0 radical (unpaired) electrons. The van der Waals surface area contributed by atoms with E-state index in [4.69, 9.17) is 20.1 Å². The Morgan fingerprint density at radius 1 is 1.50 bits per heavy atom. The van der Waals surface area contributed by atoms with Gasteiger partial charge < -0.3 is 14.6 Å². The molecule has 0 amide bonds. The van der Waals surface area contributed by atoms with Crippen LogP contribution in [0.25, 0.3) is 10.4 Å². The minimum atomic E-state index is -1.90. The van der Waals surface area contributed by atoms with E-state index in [0.717, 1.165) is 0 Å². The Labute approximate surface area is 114 Å². The highest BCUT2D eigenvalue weighted by molar-refractivity contribution is 5.73. The average Bonchev–Trinajstić information content (AvgIpc) is 2.45. The van der Waals surface area contributed by atoms with Gasteiger partial charge in [0.05, 0.1) is 20.3 Å². The number of hydrogen-bond acceptors (Lipinski definition) is 4. The van der Waals surface area contributed by atoms with Crippen molar-refractivity contribution in [2.75, 3.05) is 13.7 Å². The Hall–Kier alpha value is -2.31. The Kier molecular flexibility index (Phi) is 6.28. The van der Waals surface area contributed by atoms with Gasteiger partial charge in [0.25, 0.3) is 0 Å². The van der Waals surface area contributed by atoms with Crippen LogP contribution < -0.4 is 4.74 Å². The normalized spacial score (nSPS) is 13.1. The van der Waals surface area contributed by atoms with E-state index in [1.54, 1.807) is 24.3 Å². The molecule has 0 aliphatic heterocycles. The number of rotatable bonds is 8. The van der Waals surface area contributed by atoms with E-state index in [-0.39, 0.29) is 6.61 Å². The van der Waals surface area contributed by atoms with Crippen LogP contribution >= 0.6 is 0 Å². The van der Waals surface area contributed by atoms with Crippen molar-refractivity contribution in [3.63, 3.8) is 0 Å². The summed E-state index contributed by atoms with van der Waals surface area (Å²) in [6.45, 7) is -0.659. The van der Waals surface area contributed by atoms with Gasteiger partial charge in [0, 0.05) is 4.91 Å².